The number of aliphatic carboxylic acids is 1. The fourth-order valence-corrected chi connectivity index (χ4v) is 2.36. The van der Waals surface area contributed by atoms with Gasteiger partial charge in [-0.1, -0.05) is 19.1 Å². The summed E-state index contributed by atoms with van der Waals surface area (Å²) in [4.78, 5) is 22.9. The number of carbonyl (C=O) groups is 2. The largest absolute Gasteiger partial charge is 0.480 e. The van der Waals surface area contributed by atoms with E-state index in [2.05, 4.69) is 5.32 Å². The standard InChI is InChI=1S/C15H18N2O3S/c1-3-15(2,14(19)20)17-13(18)10-21-9-12-6-4-11(8-16)5-7-12/h4-7H,3,9-10H2,1-2H3,(H,17,18)(H,19,20). The minimum Gasteiger partial charge on any atom is -0.480 e. The number of benzene rings is 1. The summed E-state index contributed by atoms with van der Waals surface area (Å²) in [5, 5.41) is 20.3. The van der Waals surface area contributed by atoms with Crippen LogP contribution in [0.15, 0.2) is 24.3 Å². The van der Waals surface area contributed by atoms with Crippen LogP contribution in [0.25, 0.3) is 0 Å². The fraction of sp³-hybridized carbons (Fsp3) is 0.400. The highest BCUT2D eigenvalue weighted by atomic mass is 32.2. The first-order chi connectivity index (χ1) is 9.91. The molecule has 0 bridgehead atoms. The normalized spacial score (nSPS) is 13.0. The zero-order valence-corrected chi connectivity index (χ0v) is 12.9. The number of nitriles is 1. The molecule has 0 spiro atoms. The monoisotopic (exact) mass is 306 g/mol. The molecule has 1 aromatic rings. The van der Waals surface area contributed by atoms with Crippen LogP contribution < -0.4 is 5.32 Å². The van der Waals surface area contributed by atoms with Crippen molar-refractivity contribution in [3.05, 3.63) is 35.4 Å². The maximum Gasteiger partial charge on any atom is 0.329 e. The summed E-state index contributed by atoms with van der Waals surface area (Å²) in [5.74, 6) is -0.492. The summed E-state index contributed by atoms with van der Waals surface area (Å²) in [6.45, 7) is 3.22. The molecule has 2 N–H and O–H groups in total. The van der Waals surface area contributed by atoms with E-state index in [0.29, 0.717) is 17.7 Å². The smallest absolute Gasteiger partial charge is 0.329 e. The van der Waals surface area contributed by atoms with Crippen molar-refractivity contribution in [3.8, 4) is 6.07 Å². The van der Waals surface area contributed by atoms with Crippen LogP contribution in [0.5, 0.6) is 0 Å². The van der Waals surface area contributed by atoms with Crippen LogP contribution in [0, 0.1) is 11.3 Å². The van der Waals surface area contributed by atoms with Crippen molar-refractivity contribution in [1.29, 1.82) is 5.26 Å². The van der Waals surface area contributed by atoms with Gasteiger partial charge in [-0.25, -0.2) is 4.79 Å². The minimum atomic E-state index is -1.22. The quantitative estimate of drug-likeness (QED) is 0.805. The highest BCUT2D eigenvalue weighted by Gasteiger charge is 2.32. The third kappa shape index (κ3) is 5.12. The molecule has 0 saturated heterocycles. The molecule has 1 rings (SSSR count). The minimum absolute atomic E-state index is 0.197. The highest BCUT2D eigenvalue weighted by molar-refractivity contribution is 7.99. The number of nitrogens with one attached hydrogen (secondary N) is 1. The van der Waals surface area contributed by atoms with E-state index in [1.54, 1.807) is 19.1 Å². The zero-order chi connectivity index (χ0) is 15.9. The van der Waals surface area contributed by atoms with E-state index in [0.717, 1.165) is 5.56 Å². The Bertz CT molecular complexity index is 551. The van der Waals surface area contributed by atoms with Crippen molar-refractivity contribution in [2.24, 2.45) is 0 Å². The van der Waals surface area contributed by atoms with Crippen LogP contribution in [-0.4, -0.2) is 28.3 Å². The number of hydrogen-bond donors (Lipinski definition) is 2. The second kappa shape index (κ2) is 7.70. The van der Waals surface area contributed by atoms with Crippen molar-refractivity contribution in [1.82, 2.24) is 5.32 Å². The molecule has 1 amide bonds. The summed E-state index contributed by atoms with van der Waals surface area (Å²) in [6, 6.07) is 9.19. The molecule has 0 aliphatic heterocycles. The second-order valence-electron chi connectivity index (χ2n) is 4.84. The predicted molar refractivity (Wildman–Crippen MR) is 81.8 cm³/mol. The van der Waals surface area contributed by atoms with Gasteiger partial charge < -0.3 is 10.4 Å². The van der Waals surface area contributed by atoms with E-state index in [9.17, 15) is 9.59 Å². The van der Waals surface area contributed by atoms with Gasteiger partial charge in [0.1, 0.15) is 5.54 Å². The molecule has 0 fully saturated rings. The molecule has 0 radical (unpaired) electrons. The second-order valence-corrected chi connectivity index (χ2v) is 5.83. The molecule has 0 saturated carbocycles. The average Bonchev–Trinajstić information content (AvgIpc) is 2.47. The van der Waals surface area contributed by atoms with E-state index < -0.39 is 11.5 Å². The van der Waals surface area contributed by atoms with Crippen molar-refractivity contribution >= 4 is 23.6 Å². The Kier molecular flexibility index (Phi) is 6.25. The van der Waals surface area contributed by atoms with Gasteiger partial charge >= 0.3 is 5.97 Å². The van der Waals surface area contributed by atoms with Crippen molar-refractivity contribution in [2.45, 2.75) is 31.6 Å². The van der Waals surface area contributed by atoms with Gasteiger partial charge in [-0.3, -0.25) is 4.79 Å². The number of carbonyl (C=O) groups excluding carboxylic acids is 1. The topological polar surface area (TPSA) is 90.2 Å². The maximum absolute atomic E-state index is 11.8. The summed E-state index contributed by atoms with van der Waals surface area (Å²) in [7, 11) is 0. The first-order valence-electron chi connectivity index (χ1n) is 6.52. The van der Waals surface area contributed by atoms with Crippen LogP contribution in [0.1, 0.15) is 31.4 Å². The third-order valence-electron chi connectivity index (χ3n) is 3.18. The van der Waals surface area contributed by atoms with Crippen LogP contribution in [-0.2, 0) is 15.3 Å². The van der Waals surface area contributed by atoms with E-state index in [4.69, 9.17) is 10.4 Å². The number of thioether (sulfide) groups is 1. The number of hydrogen-bond acceptors (Lipinski definition) is 4. The summed E-state index contributed by atoms with van der Waals surface area (Å²) < 4.78 is 0. The molecule has 21 heavy (non-hydrogen) atoms. The molecule has 112 valence electrons. The van der Waals surface area contributed by atoms with Gasteiger partial charge in [0.05, 0.1) is 17.4 Å². The number of rotatable bonds is 7. The zero-order valence-electron chi connectivity index (χ0n) is 12.0. The maximum atomic E-state index is 11.8. The molecule has 0 aliphatic carbocycles. The van der Waals surface area contributed by atoms with Crippen LogP contribution in [0.2, 0.25) is 0 Å². The lowest BCUT2D eigenvalue weighted by atomic mass is 9.99. The van der Waals surface area contributed by atoms with E-state index >= 15 is 0 Å². The first kappa shape index (κ1) is 17.1. The van der Waals surface area contributed by atoms with Crippen molar-refractivity contribution < 1.29 is 14.7 Å². The Hall–Kier alpha value is -2.00. The Morgan fingerprint density at radius 3 is 2.48 bits per heavy atom. The van der Waals surface area contributed by atoms with Gasteiger partial charge in [0, 0.05) is 5.75 Å². The predicted octanol–water partition coefficient (Wildman–Crippen LogP) is 2.16. The number of nitrogens with zero attached hydrogens (tertiary/aromatic N) is 1. The summed E-state index contributed by atoms with van der Waals surface area (Å²) in [5.41, 5.74) is 0.400. The van der Waals surface area contributed by atoms with Gasteiger partial charge in [0.25, 0.3) is 0 Å². The lowest BCUT2D eigenvalue weighted by Crippen LogP contribution is -2.52. The van der Waals surface area contributed by atoms with Gasteiger partial charge in [0.2, 0.25) is 5.91 Å². The molecule has 6 heteroatoms. The van der Waals surface area contributed by atoms with E-state index in [1.807, 2.05) is 18.2 Å². The van der Waals surface area contributed by atoms with Crippen molar-refractivity contribution in [2.75, 3.05) is 5.75 Å². The third-order valence-corrected chi connectivity index (χ3v) is 4.18. The van der Waals surface area contributed by atoms with E-state index in [-0.39, 0.29) is 11.7 Å². The molecule has 1 unspecified atom stereocenters. The molecule has 0 heterocycles. The number of amides is 1. The average molecular weight is 306 g/mol. The Labute approximate surface area is 128 Å². The van der Waals surface area contributed by atoms with Gasteiger partial charge in [-0.2, -0.15) is 5.26 Å². The van der Waals surface area contributed by atoms with Gasteiger partial charge in [-0.05, 0) is 31.0 Å². The Morgan fingerprint density at radius 1 is 1.38 bits per heavy atom. The van der Waals surface area contributed by atoms with E-state index in [1.165, 1.54) is 18.7 Å². The first-order valence-corrected chi connectivity index (χ1v) is 7.68. The molecule has 5 nitrogen and oxygen atoms in total. The lowest BCUT2D eigenvalue weighted by molar-refractivity contribution is -0.146. The van der Waals surface area contributed by atoms with Gasteiger partial charge in [-0.15, -0.1) is 11.8 Å². The summed E-state index contributed by atoms with van der Waals surface area (Å²) >= 11 is 1.40. The van der Waals surface area contributed by atoms with Crippen LogP contribution >= 0.6 is 11.8 Å². The Balaban J connectivity index is 2.43. The molecule has 1 atom stereocenters. The molecule has 0 aromatic heterocycles. The fourth-order valence-electron chi connectivity index (χ4n) is 1.57. The number of carboxylic acid groups (broad SMARTS) is 1. The summed E-state index contributed by atoms with van der Waals surface area (Å²) in [6.07, 6.45) is 0.328. The van der Waals surface area contributed by atoms with Crippen molar-refractivity contribution in [3.63, 3.8) is 0 Å². The van der Waals surface area contributed by atoms with Crippen LogP contribution in [0.3, 0.4) is 0 Å². The lowest BCUT2D eigenvalue weighted by Gasteiger charge is -2.24. The number of carboxylic acids is 1. The molecular weight excluding hydrogens is 288 g/mol. The van der Waals surface area contributed by atoms with Gasteiger partial charge in [0.15, 0.2) is 0 Å². The van der Waals surface area contributed by atoms with Crippen LogP contribution in [0.4, 0.5) is 0 Å². The Morgan fingerprint density at radius 2 is 2.00 bits per heavy atom. The molecule has 1 aromatic carbocycles. The molecule has 0 aliphatic rings. The molecular formula is C15H18N2O3S. The SMILES string of the molecule is CCC(C)(NC(=O)CSCc1ccc(C#N)cc1)C(=O)O. The highest BCUT2D eigenvalue weighted by Crippen LogP contribution is 2.14.